The molecule has 0 aliphatic carbocycles. The SMILES string of the molecule is CCCCN(C)C(=O)CCCn1c(=O)oc2cc([N+](=O)[O-])ccc21. The van der Waals surface area contributed by atoms with E-state index in [1.54, 1.807) is 11.9 Å². The van der Waals surface area contributed by atoms with Crippen LogP contribution in [0.4, 0.5) is 5.69 Å². The topological polar surface area (TPSA) is 98.6 Å². The molecule has 1 aromatic carbocycles. The van der Waals surface area contributed by atoms with Gasteiger partial charge in [-0.3, -0.25) is 19.5 Å². The molecule has 1 amide bonds. The number of fused-ring (bicyclic) bond motifs is 1. The second-order valence-corrected chi connectivity index (χ2v) is 5.70. The molecule has 8 nitrogen and oxygen atoms in total. The summed E-state index contributed by atoms with van der Waals surface area (Å²) in [7, 11) is 1.77. The Morgan fingerprint density at radius 1 is 1.38 bits per heavy atom. The Balaban J connectivity index is 2.03. The molecule has 24 heavy (non-hydrogen) atoms. The van der Waals surface area contributed by atoms with Crippen molar-refractivity contribution >= 4 is 22.7 Å². The zero-order valence-corrected chi connectivity index (χ0v) is 13.9. The first-order valence-electron chi connectivity index (χ1n) is 7.95. The average Bonchev–Trinajstić information content (AvgIpc) is 2.87. The van der Waals surface area contributed by atoms with Gasteiger partial charge in [-0.2, -0.15) is 0 Å². The van der Waals surface area contributed by atoms with Gasteiger partial charge in [0.25, 0.3) is 5.69 Å². The minimum atomic E-state index is -0.572. The van der Waals surface area contributed by atoms with E-state index in [9.17, 15) is 19.7 Å². The molecule has 0 bridgehead atoms. The number of hydrogen-bond acceptors (Lipinski definition) is 5. The van der Waals surface area contributed by atoms with Crippen LogP contribution >= 0.6 is 0 Å². The van der Waals surface area contributed by atoms with E-state index >= 15 is 0 Å². The molecular weight excluding hydrogens is 314 g/mol. The molecule has 0 aliphatic heterocycles. The second kappa shape index (κ2) is 7.76. The van der Waals surface area contributed by atoms with E-state index in [0.29, 0.717) is 24.9 Å². The van der Waals surface area contributed by atoms with Crippen molar-refractivity contribution in [1.82, 2.24) is 9.47 Å². The van der Waals surface area contributed by atoms with Gasteiger partial charge in [0, 0.05) is 32.6 Å². The molecule has 130 valence electrons. The summed E-state index contributed by atoms with van der Waals surface area (Å²) in [4.78, 5) is 35.8. The molecule has 0 saturated heterocycles. The Bertz CT molecular complexity index is 793. The Morgan fingerprint density at radius 3 is 2.79 bits per heavy atom. The Morgan fingerprint density at radius 2 is 2.12 bits per heavy atom. The largest absolute Gasteiger partial charge is 0.419 e. The van der Waals surface area contributed by atoms with Crippen LogP contribution in [0.25, 0.3) is 11.1 Å². The summed E-state index contributed by atoms with van der Waals surface area (Å²) in [5, 5.41) is 10.8. The van der Waals surface area contributed by atoms with Gasteiger partial charge in [0.1, 0.15) is 0 Å². The average molecular weight is 335 g/mol. The predicted molar refractivity (Wildman–Crippen MR) is 88.9 cm³/mol. The summed E-state index contributed by atoms with van der Waals surface area (Å²) >= 11 is 0. The molecule has 0 spiro atoms. The number of nitrogens with zero attached hydrogens (tertiary/aromatic N) is 3. The predicted octanol–water partition coefficient (Wildman–Crippen LogP) is 2.54. The number of non-ortho nitro benzene ring substituents is 1. The number of rotatable bonds is 8. The fraction of sp³-hybridized carbons (Fsp3) is 0.500. The normalized spacial score (nSPS) is 10.9. The van der Waals surface area contributed by atoms with E-state index in [0.717, 1.165) is 19.4 Å². The molecule has 2 rings (SSSR count). The van der Waals surface area contributed by atoms with Crippen LogP contribution in [0.1, 0.15) is 32.6 Å². The Kier molecular flexibility index (Phi) is 5.73. The van der Waals surface area contributed by atoms with E-state index < -0.39 is 10.7 Å². The Labute approximate surface area is 138 Å². The summed E-state index contributed by atoms with van der Waals surface area (Å²) in [5.41, 5.74) is 0.550. The van der Waals surface area contributed by atoms with Gasteiger partial charge < -0.3 is 9.32 Å². The van der Waals surface area contributed by atoms with E-state index in [-0.39, 0.29) is 17.2 Å². The number of carbonyl (C=O) groups excluding carboxylic acids is 1. The highest BCUT2D eigenvalue weighted by Gasteiger charge is 2.14. The van der Waals surface area contributed by atoms with Gasteiger partial charge in [0.15, 0.2) is 5.58 Å². The highest BCUT2D eigenvalue weighted by Crippen LogP contribution is 2.20. The molecule has 0 fully saturated rings. The summed E-state index contributed by atoms with van der Waals surface area (Å²) in [6.45, 7) is 3.13. The number of aryl methyl sites for hydroxylation is 1. The van der Waals surface area contributed by atoms with Crippen LogP contribution in [0.5, 0.6) is 0 Å². The fourth-order valence-corrected chi connectivity index (χ4v) is 2.48. The first-order chi connectivity index (χ1) is 11.4. The van der Waals surface area contributed by atoms with Gasteiger partial charge >= 0.3 is 5.76 Å². The molecule has 2 aromatic rings. The number of benzene rings is 1. The molecule has 1 heterocycles. The lowest BCUT2D eigenvalue weighted by Gasteiger charge is -2.16. The number of aromatic nitrogens is 1. The molecule has 0 N–H and O–H groups in total. The van der Waals surface area contributed by atoms with E-state index in [4.69, 9.17) is 4.42 Å². The summed E-state index contributed by atoms with van der Waals surface area (Å²) in [6.07, 6.45) is 2.83. The highest BCUT2D eigenvalue weighted by atomic mass is 16.6. The maximum Gasteiger partial charge on any atom is 0.419 e. The van der Waals surface area contributed by atoms with E-state index in [1.807, 2.05) is 0 Å². The minimum absolute atomic E-state index is 0.0416. The van der Waals surface area contributed by atoms with Crippen molar-refractivity contribution in [3.05, 3.63) is 38.9 Å². The van der Waals surface area contributed by atoms with Crippen molar-refractivity contribution in [2.24, 2.45) is 0 Å². The zero-order valence-electron chi connectivity index (χ0n) is 13.9. The first-order valence-corrected chi connectivity index (χ1v) is 7.95. The van der Waals surface area contributed by atoms with Gasteiger partial charge in [-0.25, -0.2) is 4.79 Å². The maximum absolute atomic E-state index is 12.0. The van der Waals surface area contributed by atoms with Crippen molar-refractivity contribution in [3.63, 3.8) is 0 Å². The fourth-order valence-electron chi connectivity index (χ4n) is 2.48. The summed E-state index contributed by atoms with van der Waals surface area (Å²) in [5.74, 6) is -0.530. The summed E-state index contributed by atoms with van der Waals surface area (Å²) in [6, 6.07) is 4.06. The molecule has 0 aliphatic rings. The molecule has 1 aromatic heterocycles. The zero-order chi connectivity index (χ0) is 17.7. The lowest BCUT2D eigenvalue weighted by Crippen LogP contribution is -2.28. The van der Waals surface area contributed by atoms with Crippen molar-refractivity contribution in [3.8, 4) is 0 Å². The number of carbonyl (C=O) groups is 1. The van der Waals surface area contributed by atoms with Gasteiger partial charge in [-0.05, 0) is 18.9 Å². The maximum atomic E-state index is 12.0. The van der Waals surface area contributed by atoms with Gasteiger partial charge in [-0.1, -0.05) is 13.3 Å². The van der Waals surface area contributed by atoms with Crippen LogP contribution in [-0.4, -0.2) is 33.9 Å². The third kappa shape index (κ3) is 4.01. The van der Waals surface area contributed by atoms with Gasteiger partial charge in [0.2, 0.25) is 5.91 Å². The smallest absolute Gasteiger partial charge is 0.407 e. The number of nitro benzene ring substituents is 1. The van der Waals surface area contributed by atoms with Crippen LogP contribution in [0, 0.1) is 10.1 Å². The number of amides is 1. The van der Waals surface area contributed by atoms with Crippen LogP contribution < -0.4 is 5.76 Å². The third-order valence-corrected chi connectivity index (χ3v) is 3.91. The molecular formula is C16H21N3O5. The molecule has 0 saturated carbocycles. The van der Waals surface area contributed by atoms with Gasteiger partial charge in [0.05, 0.1) is 16.5 Å². The minimum Gasteiger partial charge on any atom is -0.407 e. The van der Waals surface area contributed by atoms with Crippen LogP contribution in [-0.2, 0) is 11.3 Å². The van der Waals surface area contributed by atoms with Crippen molar-refractivity contribution in [2.75, 3.05) is 13.6 Å². The van der Waals surface area contributed by atoms with Gasteiger partial charge in [-0.15, -0.1) is 0 Å². The first kappa shape index (κ1) is 17.7. The molecule has 0 unspecified atom stereocenters. The quantitative estimate of drug-likeness (QED) is 0.545. The van der Waals surface area contributed by atoms with Crippen molar-refractivity contribution in [1.29, 1.82) is 0 Å². The standard InChI is InChI=1S/C16H21N3O5/c1-3-4-9-17(2)15(20)6-5-10-18-13-8-7-12(19(22)23)11-14(13)24-16(18)21/h7-8,11H,3-6,9-10H2,1-2H3. The monoisotopic (exact) mass is 335 g/mol. The lowest BCUT2D eigenvalue weighted by molar-refractivity contribution is -0.384. The number of unbranched alkanes of at least 4 members (excludes halogenated alkanes) is 1. The third-order valence-electron chi connectivity index (χ3n) is 3.91. The van der Waals surface area contributed by atoms with Crippen LogP contribution in [0.3, 0.4) is 0 Å². The molecule has 8 heteroatoms. The lowest BCUT2D eigenvalue weighted by atomic mass is 10.2. The van der Waals surface area contributed by atoms with Crippen molar-refractivity contribution in [2.45, 2.75) is 39.2 Å². The highest BCUT2D eigenvalue weighted by molar-refractivity contribution is 5.76. The number of nitro groups is 1. The number of hydrogen-bond donors (Lipinski definition) is 0. The van der Waals surface area contributed by atoms with E-state index in [1.165, 1.54) is 22.8 Å². The number of oxazole rings is 1. The Hall–Kier alpha value is -2.64. The summed E-state index contributed by atoms with van der Waals surface area (Å²) < 4.78 is 6.46. The molecule has 0 radical (unpaired) electrons. The second-order valence-electron chi connectivity index (χ2n) is 5.70. The molecule has 0 atom stereocenters. The van der Waals surface area contributed by atoms with E-state index in [2.05, 4.69) is 6.92 Å². The van der Waals surface area contributed by atoms with Crippen molar-refractivity contribution < 1.29 is 14.1 Å². The van der Waals surface area contributed by atoms with Crippen LogP contribution in [0.15, 0.2) is 27.4 Å². The van der Waals surface area contributed by atoms with Crippen LogP contribution in [0.2, 0.25) is 0 Å².